The van der Waals surface area contributed by atoms with E-state index in [9.17, 15) is 9.59 Å². The summed E-state index contributed by atoms with van der Waals surface area (Å²) in [5.74, 6) is 0.0382. The van der Waals surface area contributed by atoms with Gasteiger partial charge in [-0.25, -0.2) is 0 Å². The molecule has 0 aromatic heterocycles. The number of carbonyl (C=O) groups is 2. The van der Waals surface area contributed by atoms with Gasteiger partial charge in [-0.15, -0.1) is 0 Å². The van der Waals surface area contributed by atoms with E-state index in [0.717, 1.165) is 38.5 Å². The van der Waals surface area contributed by atoms with Crippen LogP contribution in [0.25, 0.3) is 0 Å². The number of nitrogens with two attached hydrogens (primary N) is 1. The summed E-state index contributed by atoms with van der Waals surface area (Å²) in [7, 11) is 0. The minimum atomic E-state index is -0.378. The zero-order valence-corrected chi connectivity index (χ0v) is 14.2. The standard InChI is InChI=1S/C17H32N2O2/c1-5-6-8-17(15(18)21)10-12-19(13-11-17)14(20)7-9-16(2,3)4/h5-13H2,1-4H3,(H2,18,21). The van der Waals surface area contributed by atoms with Crippen LogP contribution in [-0.2, 0) is 9.59 Å². The molecule has 2 amide bonds. The van der Waals surface area contributed by atoms with Crippen molar-refractivity contribution < 1.29 is 9.59 Å². The van der Waals surface area contributed by atoms with Gasteiger partial charge in [-0.3, -0.25) is 9.59 Å². The molecule has 2 N–H and O–H groups in total. The molecule has 1 saturated heterocycles. The lowest BCUT2D eigenvalue weighted by Gasteiger charge is -2.40. The highest BCUT2D eigenvalue weighted by molar-refractivity contribution is 5.82. The van der Waals surface area contributed by atoms with E-state index in [0.29, 0.717) is 19.5 Å². The Morgan fingerprint density at radius 3 is 2.19 bits per heavy atom. The maximum Gasteiger partial charge on any atom is 0.223 e. The zero-order valence-electron chi connectivity index (χ0n) is 14.2. The van der Waals surface area contributed by atoms with Gasteiger partial charge in [0.25, 0.3) is 0 Å². The first-order valence-corrected chi connectivity index (χ1v) is 8.28. The van der Waals surface area contributed by atoms with Gasteiger partial charge in [-0.05, 0) is 31.1 Å². The molecule has 0 spiro atoms. The number of amides is 2. The van der Waals surface area contributed by atoms with Gasteiger partial charge in [0, 0.05) is 19.5 Å². The van der Waals surface area contributed by atoms with Crippen LogP contribution >= 0.6 is 0 Å². The molecule has 0 bridgehead atoms. The Balaban J connectivity index is 2.53. The average molecular weight is 296 g/mol. The monoisotopic (exact) mass is 296 g/mol. The number of unbranched alkanes of at least 4 members (excludes halogenated alkanes) is 1. The van der Waals surface area contributed by atoms with E-state index in [1.54, 1.807) is 0 Å². The Morgan fingerprint density at radius 1 is 1.19 bits per heavy atom. The summed E-state index contributed by atoms with van der Waals surface area (Å²) >= 11 is 0. The summed E-state index contributed by atoms with van der Waals surface area (Å²) in [6.07, 6.45) is 5.92. The maximum absolute atomic E-state index is 12.2. The van der Waals surface area contributed by atoms with Crippen molar-refractivity contribution >= 4 is 11.8 Å². The Kier molecular flexibility index (Phi) is 6.24. The average Bonchev–Trinajstić information content (AvgIpc) is 2.42. The maximum atomic E-state index is 12.2. The van der Waals surface area contributed by atoms with E-state index in [2.05, 4.69) is 27.7 Å². The molecular weight excluding hydrogens is 264 g/mol. The van der Waals surface area contributed by atoms with E-state index < -0.39 is 0 Å². The molecule has 1 fully saturated rings. The first kappa shape index (κ1) is 18.0. The van der Waals surface area contributed by atoms with E-state index in [4.69, 9.17) is 5.73 Å². The predicted octanol–water partition coefficient (Wildman–Crippen LogP) is 3.10. The molecule has 0 atom stereocenters. The number of hydrogen-bond acceptors (Lipinski definition) is 2. The minimum absolute atomic E-state index is 0.183. The Morgan fingerprint density at radius 2 is 1.76 bits per heavy atom. The molecule has 1 aliphatic rings. The van der Waals surface area contributed by atoms with E-state index in [1.807, 2.05) is 4.90 Å². The number of nitrogens with zero attached hydrogens (tertiary/aromatic N) is 1. The second-order valence-electron chi connectivity index (χ2n) is 7.69. The smallest absolute Gasteiger partial charge is 0.223 e. The fourth-order valence-electron chi connectivity index (χ4n) is 2.96. The topological polar surface area (TPSA) is 63.4 Å². The first-order valence-electron chi connectivity index (χ1n) is 8.28. The number of likely N-dealkylation sites (tertiary alicyclic amines) is 1. The molecule has 0 radical (unpaired) electrons. The van der Waals surface area contributed by atoms with Crippen LogP contribution in [0.3, 0.4) is 0 Å². The fraction of sp³-hybridized carbons (Fsp3) is 0.882. The molecule has 0 aromatic rings. The second-order valence-corrected chi connectivity index (χ2v) is 7.69. The van der Waals surface area contributed by atoms with Crippen LogP contribution in [-0.4, -0.2) is 29.8 Å². The summed E-state index contributed by atoms with van der Waals surface area (Å²) in [6, 6.07) is 0. The molecule has 0 saturated carbocycles. The van der Waals surface area contributed by atoms with Gasteiger partial charge in [0.2, 0.25) is 11.8 Å². The molecular formula is C17H32N2O2. The number of hydrogen-bond donors (Lipinski definition) is 1. The minimum Gasteiger partial charge on any atom is -0.369 e. The largest absolute Gasteiger partial charge is 0.369 e. The van der Waals surface area contributed by atoms with Crippen molar-refractivity contribution in [2.45, 2.75) is 72.6 Å². The van der Waals surface area contributed by atoms with Gasteiger partial charge in [0.1, 0.15) is 0 Å². The van der Waals surface area contributed by atoms with Crippen LogP contribution in [0.2, 0.25) is 0 Å². The normalized spacial score (nSPS) is 18.6. The van der Waals surface area contributed by atoms with E-state index in [1.165, 1.54) is 0 Å². The van der Waals surface area contributed by atoms with Crippen LogP contribution in [0.1, 0.15) is 72.6 Å². The van der Waals surface area contributed by atoms with Crippen molar-refractivity contribution in [1.29, 1.82) is 0 Å². The van der Waals surface area contributed by atoms with Gasteiger partial charge in [-0.1, -0.05) is 40.5 Å². The highest BCUT2D eigenvalue weighted by atomic mass is 16.2. The molecule has 4 nitrogen and oxygen atoms in total. The second kappa shape index (κ2) is 7.28. The van der Waals surface area contributed by atoms with Crippen molar-refractivity contribution in [1.82, 2.24) is 4.90 Å². The van der Waals surface area contributed by atoms with Crippen molar-refractivity contribution in [3.8, 4) is 0 Å². The SMILES string of the molecule is CCCCC1(C(N)=O)CCN(C(=O)CCC(C)(C)C)CC1. The summed E-state index contributed by atoms with van der Waals surface area (Å²) in [4.78, 5) is 26.0. The lowest BCUT2D eigenvalue weighted by molar-refractivity contribution is -0.139. The van der Waals surface area contributed by atoms with Crippen LogP contribution in [0.15, 0.2) is 0 Å². The third-order valence-electron chi connectivity index (χ3n) is 4.69. The van der Waals surface area contributed by atoms with E-state index in [-0.39, 0.29) is 22.6 Å². The summed E-state index contributed by atoms with van der Waals surface area (Å²) < 4.78 is 0. The predicted molar refractivity (Wildman–Crippen MR) is 85.7 cm³/mol. The van der Waals surface area contributed by atoms with Crippen LogP contribution < -0.4 is 5.73 Å². The molecule has 1 rings (SSSR count). The molecule has 0 aliphatic carbocycles. The molecule has 21 heavy (non-hydrogen) atoms. The van der Waals surface area contributed by atoms with Gasteiger partial charge in [0.15, 0.2) is 0 Å². The van der Waals surface area contributed by atoms with Crippen LogP contribution in [0.5, 0.6) is 0 Å². The molecule has 0 aromatic carbocycles. The number of carbonyl (C=O) groups excluding carboxylic acids is 2. The van der Waals surface area contributed by atoms with Crippen molar-refractivity contribution in [3.05, 3.63) is 0 Å². The lowest BCUT2D eigenvalue weighted by Crippen LogP contribution is -2.48. The van der Waals surface area contributed by atoms with Crippen molar-refractivity contribution in [2.75, 3.05) is 13.1 Å². The molecule has 4 heteroatoms. The van der Waals surface area contributed by atoms with Gasteiger partial charge in [0.05, 0.1) is 5.41 Å². The van der Waals surface area contributed by atoms with E-state index >= 15 is 0 Å². The van der Waals surface area contributed by atoms with Crippen molar-refractivity contribution in [2.24, 2.45) is 16.6 Å². The number of rotatable bonds is 6. The quantitative estimate of drug-likeness (QED) is 0.818. The fourth-order valence-corrected chi connectivity index (χ4v) is 2.96. The highest BCUT2D eigenvalue weighted by Crippen LogP contribution is 2.36. The first-order chi connectivity index (χ1) is 9.70. The summed E-state index contributed by atoms with van der Waals surface area (Å²) in [5.41, 5.74) is 5.44. The highest BCUT2D eigenvalue weighted by Gasteiger charge is 2.40. The van der Waals surface area contributed by atoms with Crippen LogP contribution in [0.4, 0.5) is 0 Å². The summed E-state index contributed by atoms with van der Waals surface area (Å²) in [5, 5.41) is 0. The third kappa shape index (κ3) is 5.33. The van der Waals surface area contributed by atoms with Gasteiger partial charge >= 0.3 is 0 Å². The summed E-state index contributed by atoms with van der Waals surface area (Å²) in [6.45, 7) is 9.93. The third-order valence-corrected chi connectivity index (χ3v) is 4.69. The van der Waals surface area contributed by atoms with Crippen molar-refractivity contribution in [3.63, 3.8) is 0 Å². The molecule has 0 unspecified atom stereocenters. The molecule has 1 heterocycles. The van der Waals surface area contributed by atoms with Gasteiger partial charge in [-0.2, -0.15) is 0 Å². The number of primary amides is 1. The van der Waals surface area contributed by atoms with Crippen LogP contribution in [0, 0.1) is 10.8 Å². The molecule has 1 aliphatic heterocycles. The van der Waals surface area contributed by atoms with Gasteiger partial charge < -0.3 is 10.6 Å². The Bertz CT molecular complexity index is 363. The lowest BCUT2D eigenvalue weighted by atomic mass is 9.74. The Labute approximate surface area is 129 Å². The Hall–Kier alpha value is -1.06. The molecule has 122 valence electrons. The number of piperidine rings is 1. The zero-order chi connectivity index (χ0) is 16.1.